The first-order valence-electron chi connectivity index (χ1n) is 6.61. The van der Waals surface area contributed by atoms with E-state index in [4.69, 9.17) is 10.00 Å². The van der Waals surface area contributed by atoms with Gasteiger partial charge < -0.3 is 15.4 Å². The van der Waals surface area contributed by atoms with E-state index in [1.807, 2.05) is 20.0 Å². The molecule has 2 aromatic rings. The number of rotatable bonds is 5. The van der Waals surface area contributed by atoms with Crippen molar-refractivity contribution >= 4 is 17.3 Å². The summed E-state index contributed by atoms with van der Waals surface area (Å²) in [6, 6.07) is 9.11. The monoisotopic (exact) mass is 283 g/mol. The predicted octanol–water partition coefficient (Wildman–Crippen LogP) is 2.70. The number of ether oxygens (including phenoxy) is 1. The lowest BCUT2D eigenvalue weighted by molar-refractivity contribution is 0.416. The molecule has 0 saturated heterocycles. The Bertz CT molecular complexity index is 656. The molecule has 0 aliphatic carbocycles. The van der Waals surface area contributed by atoms with Gasteiger partial charge in [-0.2, -0.15) is 5.26 Å². The third-order valence-electron chi connectivity index (χ3n) is 2.94. The average Bonchev–Trinajstić information content (AvgIpc) is 2.54. The van der Waals surface area contributed by atoms with E-state index >= 15 is 0 Å². The summed E-state index contributed by atoms with van der Waals surface area (Å²) in [7, 11) is 3.38. The summed E-state index contributed by atoms with van der Waals surface area (Å²) >= 11 is 0. The van der Waals surface area contributed by atoms with Crippen molar-refractivity contribution in [3.8, 4) is 11.8 Å². The molecule has 6 heteroatoms. The van der Waals surface area contributed by atoms with Crippen molar-refractivity contribution in [2.75, 3.05) is 24.8 Å². The molecule has 6 nitrogen and oxygen atoms in total. The molecule has 0 unspecified atom stereocenters. The molecule has 2 N–H and O–H groups in total. The van der Waals surface area contributed by atoms with Crippen LogP contribution in [-0.2, 0) is 6.42 Å². The Morgan fingerprint density at radius 3 is 2.62 bits per heavy atom. The second-order valence-electron chi connectivity index (χ2n) is 4.31. The highest BCUT2D eigenvalue weighted by molar-refractivity contribution is 5.67. The maximum absolute atomic E-state index is 8.92. The number of hydrogen-bond acceptors (Lipinski definition) is 6. The van der Waals surface area contributed by atoms with Gasteiger partial charge in [-0.3, -0.25) is 0 Å². The van der Waals surface area contributed by atoms with Crippen molar-refractivity contribution in [1.29, 1.82) is 5.26 Å². The third kappa shape index (κ3) is 3.39. The van der Waals surface area contributed by atoms with Gasteiger partial charge in [-0.05, 0) is 12.1 Å². The van der Waals surface area contributed by atoms with Crippen LogP contribution >= 0.6 is 0 Å². The second-order valence-corrected chi connectivity index (χ2v) is 4.31. The fraction of sp³-hybridized carbons (Fsp3) is 0.267. The summed E-state index contributed by atoms with van der Waals surface area (Å²) in [4.78, 5) is 8.78. The second kappa shape index (κ2) is 6.57. The molecule has 21 heavy (non-hydrogen) atoms. The van der Waals surface area contributed by atoms with E-state index in [0.717, 1.165) is 23.8 Å². The fourth-order valence-corrected chi connectivity index (χ4v) is 1.85. The molecule has 0 atom stereocenters. The zero-order valence-corrected chi connectivity index (χ0v) is 12.3. The topological polar surface area (TPSA) is 82.9 Å². The number of anilines is 3. The van der Waals surface area contributed by atoms with Gasteiger partial charge in [0.1, 0.15) is 23.2 Å². The van der Waals surface area contributed by atoms with Crippen LogP contribution in [0.25, 0.3) is 0 Å². The number of nitriles is 1. The normalized spacial score (nSPS) is 9.81. The van der Waals surface area contributed by atoms with E-state index in [1.54, 1.807) is 25.3 Å². The first-order valence-corrected chi connectivity index (χ1v) is 6.61. The molecular formula is C15H17N5O. The lowest BCUT2D eigenvalue weighted by atomic mass is 10.2. The predicted molar refractivity (Wildman–Crippen MR) is 81.9 cm³/mol. The van der Waals surface area contributed by atoms with Crippen molar-refractivity contribution in [2.24, 2.45) is 0 Å². The molecule has 1 heterocycles. The molecule has 1 aromatic heterocycles. The van der Waals surface area contributed by atoms with Crippen molar-refractivity contribution in [1.82, 2.24) is 9.97 Å². The minimum absolute atomic E-state index is 0.547. The minimum Gasteiger partial charge on any atom is -0.495 e. The number of nitrogens with one attached hydrogen (secondary N) is 2. The van der Waals surface area contributed by atoms with Crippen molar-refractivity contribution in [2.45, 2.75) is 13.3 Å². The Kier molecular flexibility index (Phi) is 4.57. The number of hydrogen-bond donors (Lipinski definition) is 2. The zero-order valence-electron chi connectivity index (χ0n) is 12.3. The Labute approximate surface area is 123 Å². The van der Waals surface area contributed by atoms with Crippen LogP contribution in [0, 0.1) is 11.3 Å². The van der Waals surface area contributed by atoms with Crippen LogP contribution in [0.5, 0.6) is 5.75 Å². The summed E-state index contributed by atoms with van der Waals surface area (Å²) < 4.78 is 5.30. The summed E-state index contributed by atoms with van der Waals surface area (Å²) in [5.41, 5.74) is 1.30. The van der Waals surface area contributed by atoms with Crippen molar-refractivity contribution in [3.05, 3.63) is 35.7 Å². The smallest absolute Gasteiger partial charge is 0.143 e. The number of benzene rings is 1. The fourth-order valence-electron chi connectivity index (χ4n) is 1.85. The number of nitrogens with zero attached hydrogens (tertiary/aromatic N) is 3. The van der Waals surface area contributed by atoms with Crippen LogP contribution in [0.15, 0.2) is 24.3 Å². The Balaban J connectivity index is 2.35. The van der Waals surface area contributed by atoms with Crippen LogP contribution in [0.2, 0.25) is 0 Å². The van der Waals surface area contributed by atoms with E-state index in [-0.39, 0.29) is 0 Å². The highest BCUT2D eigenvalue weighted by Gasteiger charge is 2.08. The van der Waals surface area contributed by atoms with Gasteiger partial charge in [-0.15, -0.1) is 0 Å². The van der Waals surface area contributed by atoms with Gasteiger partial charge in [0.25, 0.3) is 0 Å². The quantitative estimate of drug-likeness (QED) is 0.878. The van der Waals surface area contributed by atoms with Gasteiger partial charge in [-0.25, -0.2) is 9.97 Å². The van der Waals surface area contributed by atoms with Gasteiger partial charge in [0.2, 0.25) is 0 Å². The van der Waals surface area contributed by atoms with Crippen LogP contribution in [-0.4, -0.2) is 24.1 Å². The molecule has 0 saturated carbocycles. The number of methoxy groups -OCH3 is 1. The molecule has 0 spiro atoms. The number of aryl methyl sites for hydroxylation is 1. The molecule has 0 bridgehead atoms. The molecule has 0 fully saturated rings. The van der Waals surface area contributed by atoms with E-state index in [2.05, 4.69) is 26.7 Å². The summed E-state index contributed by atoms with van der Waals surface area (Å²) in [6.07, 6.45) is 0.745. The van der Waals surface area contributed by atoms with E-state index < -0.39 is 0 Å². The Hall–Kier alpha value is -2.81. The van der Waals surface area contributed by atoms with Gasteiger partial charge >= 0.3 is 0 Å². The molecule has 0 amide bonds. The maximum Gasteiger partial charge on any atom is 0.143 e. The Morgan fingerprint density at radius 2 is 2.00 bits per heavy atom. The Morgan fingerprint density at radius 1 is 1.24 bits per heavy atom. The SMILES string of the molecule is CCc1nc(NC)cc(Nc2ccc(C#N)cc2OC)n1. The van der Waals surface area contributed by atoms with Gasteiger partial charge in [0.05, 0.1) is 24.4 Å². The number of aromatic nitrogens is 2. The molecular weight excluding hydrogens is 266 g/mol. The van der Waals surface area contributed by atoms with E-state index in [1.165, 1.54) is 0 Å². The van der Waals surface area contributed by atoms with Crippen molar-refractivity contribution < 1.29 is 4.74 Å². The lowest BCUT2D eigenvalue weighted by Crippen LogP contribution is -2.04. The van der Waals surface area contributed by atoms with Crippen molar-refractivity contribution in [3.63, 3.8) is 0 Å². The molecule has 0 aliphatic heterocycles. The van der Waals surface area contributed by atoms with Gasteiger partial charge in [0, 0.05) is 25.6 Å². The third-order valence-corrected chi connectivity index (χ3v) is 2.94. The lowest BCUT2D eigenvalue weighted by Gasteiger charge is -2.12. The molecule has 2 rings (SSSR count). The molecule has 1 aromatic carbocycles. The zero-order chi connectivity index (χ0) is 15.2. The minimum atomic E-state index is 0.547. The van der Waals surface area contributed by atoms with Crippen LogP contribution in [0.3, 0.4) is 0 Å². The summed E-state index contributed by atoms with van der Waals surface area (Å²) in [6.45, 7) is 2.00. The molecule has 108 valence electrons. The van der Waals surface area contributed by atoms with Crippen LogP contribution in [0.1, 0.15) is 18.3 Å². The summed E-state index contributed by atoms with van der Waals surface area (Å²) in [5, 5.41) is 15.1. The largest absolute Gasteiger partial charge is 0.495 e. The molecule has 0 aliphatic rings. The maximum atomic E-state index is 8.92. The van der Waals surface area contributed by atoms with Gasteiger partial charge in [-0.1, -0.05) is 6.92 Å². The molecule has 0 radical (unpaired) electrons. The van der Waals surface area contributed by atoms with E-state index in [0.29, 0.717) is 17.1 Å². The first-order chi connectivity index (χ1) is 10.2. The highest BCUT2D eigenvalue weighted by atomic mass is 16.5. The van der Waals surface area contributed by atoms with Gasteiger partial charge in [0.15, 0.2) is 0 Å². The van der Waals surface area contributed by atoms with Crippen LogP contribution in [0.4, 0.5) is 17.3 Å². The van der Waals surface area contributed by atoms with Crippen LogP contribution < -0.4 is 15.4 Å². The first kappa shape index (κ1) is 14.6. The average molecular weight is 283 g/mol. The van der Waals surface area contributed by atoms with E-state index in [9.17, 15) is 0 Å². The summed E-state index contributed by atoms with van der Waals surface area (Å²) in [5.74, 6) is 2.76. The highest BCUT2D eigenvalue weighted by Crippen LogP contribution is 2.28. The standard InChI is InChI=1S/C15H17N5O/c1-4-13-19-14(17-2)8-15(20-13)18-11-6-5-10(9-16)7-12(11)21-3/h5-8H,4H2,1-3H3,(H2,17,18,19,20).